The van der Waals surface area contributed by atoms with Crippen molar-refractivity contribution in [1.29, 1.82) is 0 Å². The molecule has 0 atom stereocenters. The number of halogens is 2. The Morgan fingerprint density at radius 1 is 1.39 bits per heavy atom. The molecule has 0 radical (unpaired) electrons. The summed E-state index contributed by atoms with van der Waals surface area (Å²) in [5.41, 5.74) is 0.648. The van der Waals surface area contributed by atoms with Gasteiger partial charge >= 0.3 is 0 Å². The molecule has 0 spiro atoms. The lowest BCUT2D eigenvalue weighted by Crippen LogP contribution is -2.37. The highest BCUT2D eigenvalue weighted by Gasteiger charge is 2.09. The second kappa shape index (κ2) is 7.56. The van der Waals surface area contributed by atoms with E-state index in [1.54, 1.807) is 12.1 Å². The van der Waals surface area contributed by atoms with E-state index in [9.17, 15) is 9.18 Å². The first-order chi connectivity index (χ1) is 8.58. The minimum absolute atomic E-state index is 0.0660. The molecule has 0 aliphatic carbocycles. The van der Waals surface area contributed by atoms with E-state index in [0.29, 0.717) is 9.26 Å². The number of hydrogen-bond acceptors (Lipinski definition) is 2. The molecule has 1 aromatic rings. The lowest BCUT2D eigenvalue weighted by Gasteiger charge is -2.15. The van der Waals surface area contributed by atoms with Crippen LogP contribution in [-0.2, 0) is 4.79 Å². The molecular weight excluding hydrogens is 346 g/mol. The van der Waals surface area contributed by atoms with Crippen LogP contribution in [0.4, 0.5) is 10.1 Å². The molecule has 0 saturated heterocycles. The van der Waals surface area contributed by atoms with Crippen LogP contribution in [0.3, 0.4) is 0 Å². The summed E-state index contributed by atoms with van der Waals surface area (Å²) in [5, 5.41) is 5.87. The van der Waals surface area contributed by atoms with Crippen molar-refractivity contribution in [2.75, 3.05) is 11.9 Å². The average Bonchev–Trinajstić information content (AvgIpc) is 2.37. The van der Waals surface area contributed by atoms with Gasteiger partial charge in [0.05, 0.1) is 15.8 Å². The lowest BCUT2D eigenvalue weighted by atomic mass is 10.2. The molecule has 5 heteroatoms. The van der Waals surface area contributed by atoms with Crippen LogP contribution in [-0.4, -0.2) is 18.5 Å². The molecule has 3 nitrogen and oxygen atoms in total. The zero-order valence-electron chi connectivity index (χ0n) is 10.6. The predicted molar refractivity (Wildman–Crippen MR) is 80.1 cm³/mol. The maximum atomic E-state index is 13.3. The van der Waals surface area contributed by atoms with E-state index in [-0.39, 0.29) is 24.3 Å². The second-order valence-electron chi connectivity index (χ2n) is 4.04. The Kier molecular flexibility index (Phi) is 6.38. The van der Waals surface area contributed by atoms with E-state index in [2.05, 4.69) is 10.6 Å². The van der Waals surface area contributed by atoms with Gasteiger partial charge in [-0.25, -0.2) is 4.39 Å². The van der Waals surface area contributed by atoms with E-state index in [0.717, 1.165) is 12.8 Å². The SMILES string of the molecule is CCC(CC)NC(=O)CNc1cccc(F)c1I. The smallest absolute Gasteiger partial charge is 0.239 e. The van der Waals surface area contributed by atoms with Gasteiger partial charge in [0, 0.05) is 6.04 Å². The summed E-state index contributed by atoms with van der Waals surface area (Å²) in [7, 11) is 0. The third-order valence-electron chi connectivity index (χ3n) is 2.74. The van der Waals surface area contributed by atoms with Crippen LogP contribution in [0.1, 0.15) is 26.7 Å². The Bertz CT molecular complexity index is 408. The Morgan fingerprint density at radius 2 is 2.06 bits per heavy atom. The summed E-state index contributed by atoms with van der Waals surface area (Å²) >= 11 is 1.92. The van der Waals surface area contributed by atoms with Crippen molar-refractivity contribution in [3.8, 4) is 0 Å². The van der Waals surface area contributed by atoms with E-state index < -0.39 is 0 Å². The number of hydrogen-bond donors (Lipinski definition) is 2. The van der Waals surface area contributed by atoms with Crippen molar-refractivity contribution in [2.45, 2.75) is 32.7 Å². The average molecular weight is 364 g/mol. The first kappa shape index (κ1) is 15.2. The maximum absolute atomic E-state index is 13.3. The number of amides is 1. The van der Waals surface area contributed by atoms with Gasteiger partial charge in [-0.15, -0.1) is 0 Å². The molecule has 0 aromatic heterocycles. The van der Waals surface area contributed by atoms with Gasteiger partial charge in [0.25, 0.3) is 0 Å². The Labute approximate surface area is 121 Å². The molecule has 0 aliphatic heterocycles. The third kappa shape index (κ3) is 4.44. The fourth-order valence-electron chi connectivity index (χ4n) is 1.59. The predicted octanol–water partition coefficient (Wildman–Crippen LogP) is 3.15. The Morgan fingerprint density at radius 3 is 2.67 bits per heavy atom. The van der Waals surface area contributed by atoms with Crippen molar-refractivity contribution >= 4 is 34.2 Å². The molecule has 2 N–H and O–H groups in total. The summed E-state index contributed by atoms with van der Waals surface area (Å²) in [6, 6.07) is 5.00. The molecule has 0 unspecified atom stereocenters. The molecular formula is C13H18FIN2O. The van der Waals surface area contributed by atoms with E-state index in [4.69, 9.17) is 0 Å². The minimum Gasteiger partial charge on any atom is -0.375 e. The minimum atomic E-state index is -0.277. The summed E-state index contributed by atoms with van der Waals surface area (Å²) in [6.45, 7) is 4.24. The molecule has 1 aromatic carbocycles. The fourth-order valence-corrected chi connectivity index (χ4v) is 2.14. The van der Waals surface area contributed by atoms with Crippen LogP contribution >= 0.6 is 22.6 Å². The van der Waals surface area contributed by atoms with Crippen LogP contribution in [0.2, 0.25) is 0 Å². The largest absolute Gasteiger partial charge is 0.375 e. The van der Waals surface area contributed by atoms with Gasteiger partial charge in [0.1, 0.15) is 5.82 Å². The van der Waals surface area contributed by atoms with E-state index >= 15 is 0 Å². The van der Waals surface area contributed by atoms with Crippen molar-refractivity contribution in [1.82, 2.24) is 5.32 Å². The molecule has 0 heterocycles. The van der Waals surface area contributed by atoms with Gasteiger partial charge in [-0.2, -0.15) is 0 Å². The van der Waals surface area contributed by atoms with Crippen molar-refractivity contribution in [3.63, 3.8) is 0 Å². The quantitative estimate of drug-likeness (QED) is 0.762. The van der Waals surface area contributed by atoms with Crippen LogP contribution in [0.5, 0.6) is 0 Å². The number of anilines is 1. The summed E-state index contributed by atoms with van der Waals surface area (Å²) in [6.07, 6.45) is 1.83. The van der Waals surface area contributed by atoms with Crippen molar-refractivity contribution in [3.05, 3.63) is 27.6 Å². The highest BCUT2D eigenvalue weighted by atomic mass is 127. The van der Waals surface area contributed by atoms with E-state index in [1.165, 1.54) is 6.07 Å². The maximum Gasteiger partial charge on any atom is 0.239 e. The topological polar surface area (TPSA) is 41.1 Å². The summed E-state index contributed by atoms with van der Waals surface area (Å²) < 4.78 is 13.8. The number of carbonyl (C=O) groups excluding carboxylic acids is 1. The Hall–Kier alpha value is -0.850. The molecule has 0 aliphatic rings. The van der Waals surface area contributed by atoms with Gasteiger partial charge in [-0.3, -0.25) is 4.79 Å². The van der Waals surface area contributed by atoms with Crippen LogP contribution in [0.15, 0.2) is 18.2 Å². The third-order valence-corrected chi connectivity index (χ3v) is 3.84. The summed E-state index contributed by atoms with van der Waals surface area (Å²) in [5.74, 6) is -0.343. The lowest BCUT2D eigenvalue weighted by molar-refractivity contribution is -0.120. The van der Waals surface area contributed by atoms with Crippen molar-refractivity contribution in [2.24, 2.45) is 0 Å². The van der Waals surface area contributed by atoms with Gasteiger partial charge < -0.3 is 10.6 Å². The number of carbonyl (C=O) groups is 1. The number of nitrogens with one attached hydrogen (secondary N) is 2. The molecule has 1 rings (SSSR count). The molecule has 0 fully saturated rings. The number of rotatable bonds is 6. The second-order valence-corrected chi connectivity index (χ2v) is 5.11. The molecule has 18 heavy (non-hydrogen) atoms. The van der Waals surface area contributed by atoms with Gasteiger partial charge in [0.15, 0.2) is 0 Å². The van der Waals surface area contributed by atoms with Crippen LogP contribution in [0, 0.1) is 9.39 Å². The molecule has 100 valence electrons. The highest BCUT2D eigenvalue weighted by Crippen LogP contribution is 2.20. The molecule has 1 amide bonds. The van der Waals surface area contributed by atoms with E-state index in [1.807, 2.05) is 36.4 Å². The van der Waals surface area contributed by atoms with Gasteiger partial charge in [-0.05, 0) is 47.6 Å². The first-order valence-corrected chi connectivity index (χ1v) is 7.13. The van der Waals surface area contributed by atoms with Gasteiger partial charge in [0.2, 0.25) is 5.91 Å². The molecule has 0 bridgehead atoms. The van der Waals surface area contributed by atoms with Crippen LogP contribution < -0.4 is 10.6 Å². The van der Waals surface area contributed by atoms with Gasteiger partial charge in [-0.1, -0.05) is 19.9 Å². The fraction of sp³-hybridized carbons (Fsp3) is 0.462. The monoisotopic (exact) mass is 364 g/mol. The zero-order chi connectivity index (χ0) is 13.5. The summed E-state index contributed by atoms with van der Waals surface area (Å²) in [4.78, 5) is 11.7. The Balaban J connectivity index is 2.50. The highest BCUT2D eigenvalue weighted by molar-refractivity contribution is 14.1. The molecule has 0 saturated carbocycles. The zero-order valence-corrected chi connectivity index (χ0v) is 12.8. The normalized spacial score (nSPS) is 10.5. The standard InChI is InChI=1S/C13H18FIN2O/c1-3-9(4-2)17-12(18)8-16-11-7-5-6-10(14)13(11)15/h5-7,9,16H,3-4,8H2,1-2H3,(H,17,18). The van der Waals surface area contributed by atoms with Crippen LogP contribution in [0.25, 0.3) is 0 Å². The first-order valence-electron chi connectivity index (χ1n) is 6.05. The van der Waals surface area contributed by atoms with Crippen molar-refractivity contribution < 1.29 is 9.18 Å². The number of benzene rings is 1.